The SMILES string of the molecule is CN=C(NCCOCCC(C)C)NCc1cnn(Cc2ccccc2)c1.I. The number of rotatable bonds is 10. The maximum Gasteiger partial charge on any atom is 0.191 e. The Kier molecular flexibility index (Phi) is 11.8. The molecule has 7 heteroatoms. The van der Waals surface area contributed by atoms with E-state index in [0.29, 0.717) is 19.1 Å². The van der Waals surface area contributed by atoms with Gasteiger partial charge in [0.25, 0.3) is 0 Å². The summed E-state index contributed by atoms with van der Waals surface area (Å²) in [6, 6.07) is 10.3. The van der Waals surface area contributed by atoms with E-state index in [4.69, 9.17) is 4.74 Å². The molecule has 1 aromatic heterocycles. The highest BCUT2D eigenvalue weighted by Gasteiger charge is 2.02. The van der Waals surface area contributed by atoms with Gasteiger partial charge >= 0.3 is 0 Å². The highest BCUT2D eigenvalue weighted by molar-refractivity contribution is 14.0. The zero-order valence-corrected chi connectivity index (χ0v) is 18.8. The molecule has 0 aliphatic rings. The maximum absolute atomic E-state index is 5.60. The summed E-state index contributed by atoms with van der Waals surface area (Å²) in [5, 5.41) is 11.0. The van der Waals surface area contributed by atoms with Crippen molar-refractivity contribution in [2.75, 3.05) is 26.8 Å². The molecule has 6 nitrogen and oxygen atoms in total. The van der Waals surface area contributed by atoms with Crippen LogP contribution in [0.5, 0.6) is 0 Å². The zero-order valence-electron chi connectivity index (χ0n) is 16.5. The second kappa shape index (κ2) is 13.5. The number of ether oxygens (including phenoxy) is 1. The predicted molar refractivity (Wildman–Crippen MR) is 122 cm³/mol. The van der Waals surface area contributed by atoms with Gasteiger partial charge in [-0.2, -0.15) is 5.10 Å². The molecule has 1 heterocycles. The summed E-state index contributed by atoms with van der Waals surface area (Å²) in [6.45, 7) is 8.11. The average molecular weight is 485 g/mol. The summed E-state index contributed by atoms with van der Waals surface area (Å²) in [7, 11) is 1.77. The van der Waals surface area contributed by atoms with Crippen LogP contribution in [0.15, 0.2) is 47.7 Å². The fraction of sp³-hybridized carbons (Fsp3) is 0.500. The Morgan fingerprint density at radius 3 is 2.63 bits per heavy atom. The molecule has 0 bridgehead atoms. The molecule has 0 atom stereocenters. The van der Waals surface area contributed by atoms with Gasteiger partial charge in [-0.15, -0.1) is 24.0 Å². The van der Waals surface area contributed by atoms with Gasteiger partial charge in [-0.05, 0) is 17.9 Å². The van der Waals surface area contributed by atoms with E-state index < -0.39 is 0 Å². The molecule has 0 saturated heterocycles. The molecule has 0 spiro atoms. The third-order valence-electron chi connectivity index (χ3n) is 3.94. The van der Waals surface area contributed by atoms with E-state index in [1.807, 2.05) is 29.1 Å². The second-order valence-corrected chi connectivity index (χ2v) is 6.68. The van der Waals surface area contributed by atoms with Gasteiger partial charge in [-0.1, -0.05) is 44.2 Å². The lowest BCUT2D eigenvalue weighted by atomic mass is 10.1. The molecule has 2 N–H and O–H groups in total. The lowest BCUT2D eigenvalue weighted by Crippen LogP contribution is -2.38. The van der Waals surface area contributed by atoms with E-state index in [9.17, 15) is 0 Å². The number of aromatic nitrogens is 2. The van der Waals surface area contributed by atoms with Gasteiger partial charge < -0.3 is 15.4 Å². The molecule has 0 amide bonds. The van der Waals surface area contributed by atoms with Gasteiger partial charge in [0.1, 0.15) is 0 Å². The van der Waals surface area contributed by atoms with Crippen molar-refractivity contribution in [2.24, 2.45) is 10.9 Å². The van der Waals surface area contributed by atoms with E-state index in [-0.39, 0.29) is 24.0 Å². The predicted octanol–water partition coefficient (Wildman–Crippen LogP) is 3.28. The first-order valence-corrected chi connectivity index (χ1v) is 9.25. The van der Waals surface area contributed by atoms with E-state index in [1.54, 1.807) is 7.05 Å². The molecule has 2 rings (SSSR count). The Bertz CT molecular complexity index is 657. The maximum atomic E-state index is 5.60. The normalized spacial score (nSPS) is 11.3. The topological polar surface area (TPSA) is 63.5 Å². The first-order chi connectivity index (χ1) is 12.7. The first-order valence-electron chi connectivity index (χ1n) is 9.25. The molecule has 150 valence electrons. The average Bonchev–Trinajstić information content (AvgIpc) is 3.08. The van der Waals surface area contributed by atoms with Gasteiger partial charge in [0.15, 0.2) is 5.96 Å². The quantitative estimate of drug-likeness (QED) is 0.235. The molecular formula is C20H32IN5O. The van der Waals surface area contributed by atoms with E-state index in [1.165, 1.54) is 5.56 Å². The lowest BCUT2D eigenvalue weighted by Gasteiger charge is -2.11. The van der Waals surface area contributed by atoms with Crippen molar-refractivity contribution in [3.8, 4) is 0 Å². The smallest absolute Gasteiger partial charge is 0.191 e. The standard InChI is InChI=1S/C20H31N5O.HI/c1-17(2)9-11-26-12-10-22-20(21-3)23-13-19-14-24-25(16-19)15-18-7-5-4-6-8-18;/h4-8,14,16-17H,9-13,15H2,1-3H3,(H2,21,22,23);1H. The number of guanidine groups is 1. The van der Waals surface area contributed by atoms with Crippen LogP contribution in [0.2, 0.25) is 0 Å². The van der Waals surface area contributed by atoms with Crippen LogP contribution < -0.4 is 10.6 Å². The molecule has 0 unspecified atom stereocenters. The van der Waals surface area contributed by atoms with Crippen molar-refractivity contribution in [1.29, 1.82) is 0 Å². The number of aliphatic imine (C=N–C) groups is 1. The Balaban J connectivity index is 0.00000364. The van der Waals surface area contributed by atoms with Crippen molar-refractivity contribution in [2.45, 2.75) is 33.4 Å². The summed E-state index contributed by atoms with van der Waals surface area (Å²) in [6.07, 6.45) is 5.04. The largest absolute Gasteiger partial charge is 0.380 e. The third-order valence-corrected chi connectivity index (χ3v) is 3.94. The molecule has 0 aliphatic carbocycles. The monoisotopic (exact) mass is 485 g/mol. The Morgan fingerprint density at radius 2 is 1.93 bits per heavy atom. The number of hydrogen-bond acceptors (Lipinski definition) is 3. The number of halogens is 1. The summed E-state index contributed by atoms with van der Waals surface area (Å²) < 4.78 is 7.55. The minimum atomic E-state index is 0. The molecule has 1 aromatic carbocycles. The summed E-state index contributed by atoms with van der Waals surface area (Å²) in [5.41, 5.74) is 2.36. The highest BCUT2D eigenvalue weighted by Crippen LogP contribution is 2.04. The van der Waals surface area contributed by atoms with Crippen molar-refractivity contribution in [3.05, 3.63) is 53.9 Å². The van der Waals surface area contributed by atoms with Gasteiger partial charge in [-0.3, -0.25) is 9.67 Å². The van der Waals surface area contributed by atoms with Crippen LogP contribution in [0.3, 0.4) is 0 Å². The van der Waals surface area contributed by atoms with Crippen molar-refractivity contribution >= 4 is 29.9 Å². The van der Waals surface area contributed by atoms with Gasteiger partial charge in [0.2, 0.25) is 0 Å². The lowest BCUT2D eigenvalue weighted by molar-refractivity contribution is 0.128. The van der Waals surface area contributed by atoms with E-state index in [2.05, 4.69) is 52.9 Å². The minimum Gasteiger partial charge on any atom is -0.380 e. The van der Waals surface area contributed by atoms with Crippen molar-refractivity contribution in [3.63, 3.8) is 0 Å². The number of nitrogens with zero attached hydrogens (tertiary/aromatic N) is 3. The second-order valence-electron chi connectivity index (χ2n) is 6.68. The summed E-state index contributed by atoms with van der Waals surface area (Å²) in [5.74, 6) is 1.45. The number of hydrogen-bond donors (Lipinski definition) is 2. The molecule has 27 heavy (non-hydrogen) atoms. The Morgan fingerprint density at radius 1 is 1.15 bits per heavy atom. The summed E-state index contributed by atoms with van der Waals surface area (Å²) in [4.78, 5) is 4.24. The molecular weight excluding hydrogens is 453 g/mol. The van der Waals surface area contributed by atoms with Crippen molar-refractivity contribution < 1.29 is 4.74 Å². The Hall–Kier alpha value is -1.61. The number of benzene rings is 1. The van der Waals surface area contributed by atoms with Crippen LogP contribution in [0.25, 0.3) is 0 Å². The van der Waals surface area contributed by atoms with Gasteiger partial charge in [0, 0.05) is 38.5 Å². The van der Waals surface area contributed by atoms with Crippen LogP contribution in [0.1, 0.15) is 31.4 Å². The van der Waals surface area contributed by atoms with Crippen molar-refractivity contribution in [1.82, 2.24) is 20.4 Å². The first kappa shape index (κ1) is 23.4. The van der Waals surface area contributed by atoms with E-state index >= 15 is 0 Å². The van der Waals surface area contributed by atoms with Gasteiger partial charge in [0.05, 0.1) is 19.3 Å². The molecule has 0 radical (unpaired) electrons. The van der Waals surface area contributed by atoms with E-state index in [0.717, 1.165) is 37.6 Å². The fourth-order valence-electron chi connectivity index (χ4n) is 2.42. The Labute approximate surface area is 179 Å². The number of nitrogens with one attached hydrogen (secondary N) is 2. The zero-order chi connectivity index (χ0) is 18.6. The van der Waals surface area contributed by atoms with Crippen LogP contribution in [0.4, 0.5) is 0 Å². The third kappa shape index (κ3) is 9.76. The molecule has 2 aromatic rings. The van der Waals surface area contributed by atoms with Gasteiger partial charge in [-0.25, -0.2) is 0 Å². The summed E-state index contributed by atoms with van der Waals surface area (Å²) >= 11 is 0. The molecule has 0 aliphatic heterocycles. The highest BCUT2D eigenvalue weighted by atomic mass is 127. The van der Waals surface area contributed by atoms with Crippen LogP contribution in [0, 0.1) is 5.92 Å². The molecule has 0 fully saturated rings. The van der Waals surface area contributed by atoms with Crippen LogP contribution in [-0.4, -0.2) is 42.5 Å². The van der Waals surface area contributed by atoms with Crippen LogP contribution in [-0.2, 0) is 17.8 Å². The molecule has 0 saturated carbocycles. The minimum absolute atomic E-state index is 0. The van der Waals surface area contributed by atoms with Crippen LogP contribution >= 0.6 is 24.0 Å². The fourth-order valence-corrected chi connectivity index (χ4v) is 2.42.